The maximum absolute atomic E-state index is 12.4. The highest BCUT2D eigenvalue weighted by Gasteiger charge is 2.13. The minimum Gasteiger partial charge on any atom is -0.478 e. The van der Waals surface area contributed by atoms with E-state index in [4.69, 9.17) is 5.11 Å². The van der Waals surface area contributed by atoms with Crippen molar-refractivity contribution in [2.75, 3.05) is 0 Å². The van der Waals surface area contributed by atoms with Crippen molar-refractivity contribution in [1.29, 1.82) is 0 Å². The van der Waals surface area contributed by atoms with Crippen molar-refractivity contribution in [3.63, 3.8) is 0 Å². The van der Waals surface area contributed by atoms with E-state index in [0.29, 0.717) is 15.5 Å². The molecule has 0 fully saturated rings. The van der Waals surface area contributed by atoms with Crippen LogP contribution in [0.3, 0.4) is 0 Å². The third-order valence-electron chi connectivity index (χ3n) is 2.90. The average molecular weight is 350 g/mol. The van der Waals surface area contributed by atoms with Crippen LogP contribution in [0.4, 0.5) is 0 Å². The van der Waals surface area contributed by atoms with Crippen LogP contribution in [0.25, 0.3) is 15.8 Å². The Morgan fingerprint density at radius 1 is 1.20 bits per heavy atom. The van der Waals surface area contributed by atoms with Gasteiger partial charge < -0.3 is 5.11 Å². The number of carboxylic acid groups (broad SMARTS) is 1. The lowest BCUT2D eigenvalue weighted by molar-refractivity contribution is 0.0697. The number of halogens is 1. The van der Waals surface area contributed by atoms with Crippen molar-refractivity contribution in [3.05, 3.63) is 62.9 Å². The van der Waals surface area contributed by atoms with E-state index >= 15 is 0 Å². The molecule has 6 heteroatoms. The van der Waals surface area contributed by atoms with Gasteiger partial charge in [-0.25, -0.2) is 8.75 Å². The smallest absolute Gasteiger partial charge is 0.335 e. The molecule has 0 aliphatic heterocycles. The highest BCUT2D eigenvalue weighted by Crippen LogP contribution is 2.26. The van der Waals surface area contributed by atoms with Crippen LogP contribution in [0.15, 0.2) is 51.7 Å². The number of aromatic nitrogens is 1. The Morgan fingerprint density at radius 2 is 1.95 bits per heavy atom. The van der Waals surface area contributed by atoms with Crippen molar-refractivity contribution in [3.8, 4) is 5.69 Å². The largest absolute Gasteiger partial charge is 0.478 e. The van der Waals surface area contributed by atoms with Gasteiger partial charge in [-0.3, -0.25) is 4.79 Å². The molecule has 100 valence electrons. The number of aromatic carboxylic acids is 1. The molecule has 0 spiro atoms. The van der Waals surface area contributed by atoms with Crippen molar-refractivity contribution in [1.82, 2.24) is 3.96 Å². The van der Waals surface area contributed by atoms with Gasteiger partial charge in [0.2, 0.25) is 0 Å². The molecule has 3 aromatic rings. The van der Waals surface area contributed by atoms with Gasteiger partial charge in [0, 0.05) is 4.47 Å². The molecule has 1 N–H and O–H groups in total. The number of hydrogen-bond acceptors (Lipinski definition) is 3. The zero-order valence-electron chi connectivity index (χ0n) is 10.0. The molecule has 4 nitrogen and oxygen atoms in total. The fourth-order valence-corrected chi connectivity index (χ4v) is 3.49. The van der Waals surface area contributed by atoms with Gasteiger partial charge in [0.15, 0.2) is 0 Å². The van der Waals surface area contributed by atoms with Crippen LogP contribution in [-0.2, 0) is 0 Å². The summed E-state index contributed by atoms with van der Waals surface area (Å²) >= 11 is 4.65. The third kappa shape index (κ3) is 2.07. The van der Waals surface area contributed by atoms with Crippen molar-refractivity contribution in [2.24, 2.45) is 0 Å². The van der Waals surface area contributed by atoms with E-state index < -0.39 is 5.97 Å². The first-order valence-electron chi connectivity index (χ1n) is 5.72. The first-order chi connectivity index (χ1) is 9.58. The summed E-state index contributed by atoms with van der Waals surface area (Å²) in [6.07, 6.45) is 0. The monoisotopic (exact) mass is 349 g/mol. The summed E-state index contributed by atoms with van der Waals surface area (Å²) in [5, 5.41) is 9.69. The second kappa shape index (κ2) is 4.88. The molecular formula is C14H8BrNO3S. The number of nitrogens with zero attached hydrogens (tertiary/aromatic N) is 1. The molecule has 0 unspecified atom stereocenters. The Labute approximate surface area is 126 Å². The molecule has 0 bridgehead atoms. The Morgan fingerprint density at radius 3 is 2.65 bits per heavy atom. The van der Waals surface area contributed by atoms with E-state index in [1.807, 2.05) is 18.2 Å². The lowest BCUT2D eigenvalue weighted by Gasteiger charge is -2.05. The Hall–Kier alpha value is -1.92. The zero-order valence-corrected chi connectivity index (χ0v) is 12.4. The minimum atomic E-state index is -1.02. The van der Waals surface area contributed by atoms with Crippen LogP contribution in [0.2, 0.25) is 0 Å². The van der Waals surface area contributed by atoms with E-state index in [2.05, 4.69) is 15.9 Å². The molecule has 0 radical (unpaired) electrons. The molecule has 0 aliphatic carbocycles. The van der Waals surface area contributed by atoms with Crippen molar-refractivity contribution in [2.45, 2.75) is 0 Å². The van der Waals surface area contributed by atoms with Crippen LogP contribution in [0, 0.1) is 0 Å². The average Bonchev–Trinajstić information content (AvgIpc) is 2.77. The second-order valence-electron chi connectivity index (χ2n) is 4.16. The van der Waals surface area contributed by atoms with Crippen LogP contribution in [0.5, 0.6) is 0 Å². The van der Waals surface area contributed by atoms with Crippen molar-refractivity contribution < 1.29 is 9.90 Å². The summed E-state index contributed by atoms with van der Waals surface area (Å²) in [5.41, 5.74) is 0.539. The van der Waals surface area contributed by atoms with Gasteiger partial charge in [-0.2, -0.15) is 0 Å². The molecule has 20 heavy (non-hydrogen) atoms. The van der Waals surface area contributed by atoms with Crippen LogP contribution >= 0.6 is 27.5 Å². The molecule has 0 aliphatic rings. The number of carbonyl (C=O) groups is 1. The summed E-state index contributed by atoms with van der Waals surface area (Å²) in [6, 6.07) is 11.9. The van der Waals surface area contributed by atoms with E-state index in [1.54, 1.807) is 12.1 Å². The van der Waals surface area contributed by atoms with E-state index in [-0.39, 0.29) is 11.1 Å². The van der Waals surface area contributed by atoms with E-state index in [0.717, 1.165) is 4.70 Å². The summed E-state index contributed by atoms with van der Waals surface area (Å²) in [5.74, 6) is -1.02. The number of benzene rings is 2. The van der Waals surface area contributed by atoms with Gasteiger partial charge in [0.25, 0.3) is 5.56 Å². The molecular weight excluding hydrogens is 342 g/mol. The number of hydrogen-bond donors (Lipinski definition) is 1. The maximum Gasteiger partial charge on any atom is 0.335 e. The number of carboxylic acids is 1. The van der Waals surface area contributed by atoms with Gasteiger partial charge in [-0.05, 0) is 46.3 Å². The van der Waals surface area contributed by atoms with Crippen LogP contribution in [-0.4, -0.2) is 15.0 Å². The maximum atomic E-state index is 12.4. The predicted molar refractivity (Wildman–Crippen MR) is 82.1 cm³/mol. The number of fused-ring (bicyclic) bond motifs is 1. The van der Waals surface area contributed by atoms with Crippen LogP contribution < -0.4 is 5.56 Å². The fourth-order valence-electron chi connectivity index (χ4n) is 1.93. The van der Waals surface area contributed by atoms with E-state index in [9.17, 15) is 9.59 Å². The molecule has 3 rings (SSSR count). The Balaban J connectivity index is 2.30. The highest BCUT2D eigenvalue weighted by atomic mass is 79.9. The molecule has 1 heterocycles. The Bertz CT molecular complexity index is 882. The fraction of sp³-hybridized carbons (Fsp3) is 0. The molecule has 0 saturated carbocycles. The number of rotatable bonds is 2. The molecule has 0 atom stereocenters. The van der Waals surface area contributed by atoms with Gasteiger partial charge in [0.1, 0.15) is 0 Å². The lowest BCUT2D eigenvalue weighted by atomic mass is 10.2. The standard InChI is InChI=1S/C14H8BrNO3S/c15-10-6-5-8(14(18)19)7-11(10)16-13(17)9-3-1-2-4-12(9)20-16/h1-7H,(H,18,19). The summed E-state index contributed by atoms with van der Waals surface area (Å²) in [6.45, 7) is 0. The molecule has 1 aromatic heterocycles. The summed E-state index contributed by atoms with van der Waals surface area (Å²) in [4.78, 5) is 23.4. The first kappa shape index (κ1) is 13.1. The summed E-state index contributed by atoms with van der Waals surface area (Å²) in [7, 11) is 0. The third-order valence-corrected chi connectivity index (χ3v) is 4.67. The predicted octanol–water partition coefficient (Wildman–Crippen LogP) is 3.51. The van der Waals surface area contributed by atoms with E-state index in [1.165, 1.54) is 27.6 Å². The molecule has 0 amide bonds. The lowest BCUT2D eigenvalue weighted by Crippen LogP contribution is -2.12. The zero-order chi connectivity index (χ0) is 14.3. The topological polar surface area (TPSA) is 59.3 Å². The normalized spacial score (nSPS) is 10.8. The van der Waals surface area contributed by atoms with Gasteiger partial charge in [-0.15, -0.1) is 0 Å². The minimum absolute atomic E-state index is 0.145. The van der Waals surface area contributed by atoms with Gasteiger partial charge >= 0.3 is 5.97 Å². The Kier molecular flexibility index (Phi) is 3.19. The van der Waals surface area contributed by atoms with Gasteiger partial charge in [0.05, 0.1) is 21.3 Å². The summed E-state index contributed by atoms with van der Waals surface area (Å²) < 4.78 is 3.04. The quantitative estimate of drug-likeness (QED) is 0.769. The highest BCUT2D eigenvalue weighted by molar-refractivity contribution is 9.10. The SMILES string of the molecule is O=C(O)c1ccc(Br)c(-n2sc3ccccc3c2=O)c1. The molecule has 0 saturated heterocycles. The second-order valence-corrected chi connectivity index (χ2v) is 6.00. The first-order valence-corrected chi connectivity index (χ1v) is 7.29. The van der Waals surface area contributed by atoms with Crippen molar-refractivity contribution >= 4 is 43.5 Å². The van der Waals surface area contributed by atoms with Crippen LogP contribution in [0.1, 0.15) is 10.4 Å². The molecule has 2 aromatic carbocycles. The van der Waals surface area contributed by atoms with Gasteiger partial charge in [-0.1, -0.05) is 23.7 Å².